The van der Waals surface area contributed by atoms with Crippen molar-refractivity contribution in [3.63, 3.8) is 0 Å². The molecule has 0 fully saturated rings. The fraction of sp³-hybridized carbons (Fsp3) is 0.364. The lowest BCUT2D eigenvalue weighted by Crippen LogP contribution is -2.06. The third-order valence-corrected chi connectivity index (χ3v) is 4.92. The smallest absolute Gasteiger partial charge is 0.437 e. The van der Waals surface area contributed by atoms with E-state index in [1.165, 1.54) is 6.07 Å². The average Bonchev–Trinajstić information content (AvgIpc) is 3.11. The summed E-state index contributed by atoms with van der Waals surface area (Å²) in [4.78, 5) is 0. The minimum atomic E-state index is -4.62. The second kappa shape index (κ2) is 8.97. The fourth-order valence-corrected chi connectivity index (χ4v) is 3.58. The van der Waals surface area contributed by atoms with Crippen LogP contribution in [0.15, 0.2) is 28.8 Å². The maximum absolute atomic E-state index is 13.4. The number of rotatable bonds is 7. The van der Waals surface area contributed by atoms with Gasteiger partial charge in [0, 0.05) is 16.1 Å². The van der Waals surface area contributed by atoms with E-state index >= 15 is 0 Å². The number of fused-ring (bicyclic) bond motifs is 1. The zero-order valence-electron chi connectivity index (χ0n) is 16.6. The Hall–Kier alpha value is -2.72. The van der Waals surface area contributed by atoms with Crippen LogP contribution in [-0.4, -0.2) is 5.16 Å². The van der Waals surface area contributed by atoms with E-state index in [-0.39, 0.29) is 17.4 Å². The Kier molecular flexibility index (Phi) is 6.57. The van der Waals surface area contributed by atoms with Crippen LogP contribution in [0.2, 0.25) is 5.02 Å². The van der Waals surface area contributed by atoms with Gasteiger partial charge in [0.2, 0.25) is 0 Å². The Morgan fingerprint density at radius 1 is 1.13 bits per heavy atom. The fourth-order valence-electron chi connectivity index (χ4n) is 3.41. The highest BCUT2D eigenvalue weighted by molar-refractivity contribution is 6.30. The van der Waals surface area contributed by atoms with Crippen LogP contribution in [0.4, 0.5) is 13.2 Å². The molecular formula is C22H20ClF3N2O2. The molecule has 3 rings (SSSR count). The lowest BCUT2D eigenvalue weighted by molar-refractivity contribution is -0.141. The molecule has 0 atom stereocenters. The number of hydrogen-bond donors (Lipinski definition) is 0. The van der Waals surface area contributed by atoms with Gasteiger partial charge in [0.15, 0.2) is 11.3 Å². The van der Waals surface area contributed by atoms with Crippen molar-refractivity contribution in [3.05, 3.63) is 51.7 Å². The first kappa shape index (κ1) is 22.0. The molecule has 0 aliphatic rings. The van der Waals surface area contributed by atoms with Crippen molar-refractivity contribution < 1.29 is 22.4 Å². The molecule has 3 aromatic rings. The molecule has 158 valence electrons. The van der Waals surface area contributed by atoms with Crippen molar-refractivity contribution in [3.8, 4) is 17.6 Å². The molecule has 0 bridgehead atoms. The Morgan fingerprint density at radius 2 is 1.87 bits per heavy atom. The number of benzene rings is 2. The van der Waals surface area contributed by atoms with E-state index in [1.54, 1.807) is 18.2 Å². The molecule has 1 aromatic heterocycles. The number of ether oxygens (including phenoxy) is 1. The highest BCUT2D eigenvalue weighted by atomic mass is 35.5. The molecule has 0 saturated heterocycles. The first-order valence-corrected chi connectivity index (χ1v) is 10.0. The predicted molar refractivity (Wildman–Crippen MR) is 108 cm³/mol. The highest BCUT2D eigenvalue weighted by Gasteiger charge is 2.38. The number of nitrogens with zero attached hydrogens (tertiary/aromatic N) is 2. The lowest BCUT2D eigenvalue weighted by atomic mass is 9.97. The topological polar surface area (TPSA) is 59.1 Å². The minimum absolute atomic E-state index is 0.0647. The van der Waals surface area contributed by atoms with Crippen molar-refractivity contribution in [1.29, 1.82) is 5.26 Å². The van der Waals surface area contributed by atoms with Crippen LogP contribution in [-0.2, 0) is 25.4 Å². The standard InChI is InChI=1S/C22H20ClF3N2O2/c1-3-5-14-11-17-20(30-28-21(17)22(24,25)26)16(6-4-2)19(14)29-18-12-15(23)8-7-13(18)9-10-27/h7-8,11-12H,3-6,9H2,1-2H3. The summed E-state index contributed by atoms with van der Waals surface area (Å²) in [5.41, 5.74) is 0.837. The van der Waals surface area contributed by atoms with Crippen molar-refractivity contribution in [2.45, 2.75) is 52.1 Å². The molecule has 0 saturated carbocycles. The molecule has 0 unspecified atom stereocenters. The SMILES string of the molecule is CCCc1cc2c(C(F)(F)F)noc2c(CCC)c1Oc1cc(Cl)ccc1CC#N. The largest absolute Gasteiger partial charge is 0.456 e. The predicted octanol–water partition coefficient (Wildman–Crippen LogP) is 7.26. The minimum Gasteiger partial charge on any atom is -0.456 e. The molecule has 0 spiro atoms. The van der Waals surface area contributed by atoms with Gasteiger partial charge >= 0.3 is 6.18 Å². The summed E-state index contributed by atoms with van der Waals surface area (Å²) in [5.74, 6) is 0.839. The first-order valence-electron chi connectivity index (χ1n) is 9.64. The van der Waals surface area contributed by atoms with Crippen LogP contribution in [0.1, 0.15) is 49.1 Å². The number of alkyl halides is 3. The van der Waals surface area contributed by atoms with Crippen molar-refractivity contribution in [2.75, 3.05) is 0 Å². The van der Waals surface area contributed by atoms with Gasteiger partial charge in [-0.2, -0.15) is 18.4 Å². The molecule has 0 aliphatic carbocycles. The van der Waals surface area contributed by atoms with Gasteiger partial charge in [0.05, 0.1) is 17.9 Å². The van der Waals surface area contributed by atoms with Crippen molar-refractivity contribution in [2.24, 2.45) is 0 Å². The highest BCUT2D eigenvalue weighted by Crippen LogP contribution is 2.42. The lowest BCUT2D eigenvalue weighted by Gasteiger charge is -2.18. The Labute approximate surface area is 177 Å². The van der Waals surface area contributed by atoms with E-state index in [1.807, 2.05) is 13.8 Å². The zero-order valence-corrected chi connectivity index (χ0v) is 17.3. The molecule has 0 amide bonds. The number of nitriles is 1. The van der Waals surface area contributed by atoms with Gasteiger partial charge in [-0.15, -0.1) is 0 Å². The van der Waals surface area contributed by atoms with Crippen LogP contribution in [0, 0.1) is 11.3 Å². The molecule has 0 N–H and O–H groups in total. The first-order chi connectivity index (χ1) is 14.3. The van der Waals surface area contributed by atoms with Gasteiger partial charge in [-0.3, -0.25) is 0 Å². The van der Waals surface area contributed by atoms with Crippen LogP contribution in [0.25, 0.3) is 11.0 Å². The number of aryl methyl sites for hydroxylation is 2. The van der Waals surface area contributed by atoms with Crippen molar-refractivity contribution >= 4 is 22.6 Å². The quantitative estimate of drug-likeness (QED) is 0.391. The normalized spacial score (nSPS) is 11.6. The van der Waals surface area contributed by atoms with E-state index in [9.17, 15) is 13.2 Å². The van der Waals surface area contributed by atoms with Crippen LogP contribution >= 0.6 is 11.6 Å². The Balaban J connectivity index is 2.25. The van der Waals surface area contributed by atoms with E-state index in [2.05, 4.69) is 11.2 Å². The van der Waals surface area contributed by atoms with Gasteiger partial charge in [-0.25, -0.2) is 0 Å². The van der Waals surface area contributed by atoms with Crippen LogP contribution in [0.5, 0.6) is 11.5 Å². The molecule has 30 heavy (non-hydrogen) atoms. The summed E-state index contributed by atoms with van der Waals surface area (Å²) in [7, 11) is 0. The monoisotopic (exact) mass is 436 g/mol. The third kappa shape index (κ3) is 4.39. The summed E-state index contributed by atoms with van der Waals surface area (Å²) in [6.45, 7) is 3.86. The van der Waals surface area contributed by atoms with Gasteiger partial charge < -0.3 is 9.26 Å². The number of aromatic nitrogens is 1. The Morgan fingerprint density at radius 3 is 2.50 bits per heavy atom. The summed E-state index contributed by atoms with van der Waals surface area (Å²) in [6, 6.07) is 8.50. The van der Waals surface area contributed by atoms with E-state index in [0.717, 1.165) is 0 Å². The molecule has 4 nitrogen and oxygen atoms in total. The number of halogens is 4. The molecular weight excluding hydrogens is 417 g/mol. The molecule has 1 heterocycles. The molecule has 2 aromatic carbocycles. The Bertz CT molecular complexity index is 1100. The van der Waals surface area contributed by atoms with Gasteiger partial charge in [-0.1, -0.05) is 49.5 Å². The van der Waals surface area contributed by atoms with E-state index < -0.39 is 11.9 Å². The van der Waals surface area contributed by atoms with Crippen LogP contribution in [0.3, 0.4) is 0 Å². The van der Waals surface area contributed by atoms with E-state index in [0.29, 0.717) is 58.9 Å². The summed E-state index contributed by atoms with van der Waals surface area (Å²) < 4.78 is 51.6. The molecule has 0 aliphatic heterocycles. The maximum Gasteiger partial charge on any atom is 0.437 e. The summed E-state index contributed by atoms with van der Waals surface area (Å²) >= 11 is 6.12. The number of hydrogen-bond acceptors (Lipinski definition) is 4. The zero-order chi connectivity index (χ0) is 21.9. The molecule has 8 heteroatoms. The second-order valence-electron chi connectivity index (χ2n) is 6.94. The van der Waals surface area contributed by atoms with E-state index in [4.69, 9.17) is 26.1 Å². The van der Waals surface area contributed by atoms with Gasteiger partial charge in [0.25, 0.3) is 0 Å². The average molecular weight is 437 g/mol. The maximum atomic E-state index is 13.4. The van der Waals surface area contributed by atoms with Gasteiger partial charge in [-0.05, 0) is 36.6 Å². The summed E-state index contributed by atoms with van der Waals surface area (Å²) in [6.07, 6.45) is -2.16. The van der Waals surface area contributed by atoms with Gasteiger partial charge in [0.1, 0.15) is 11.5 Å². The third-order valence-electron chi connectivity index (χ3n) is 4.68. The molecule has 0 radical (unpaired) electrons. The van der Waals surface area contributed by atoms with Crippen LogP contribution < -0.4 is 4.74 Å². The summed E-state index contributed by atoms with van der Waals surface area (Å²) in [5, 5.41) is 12.8. The van der Waals surface area contributed by atoms with Crippen molar-refractivity contribution in [1.82, 2.24) is 5.16 Å². The second-order valence-corrected chi connectivity index (χ2v) is 7.37.